The number of carbonyl (C=O) groups is 1. The maximum atomic E-state index is 12.0. The lowest BCUT2D eigenvalue weighted by Gasteiger charge is -2.07. The van der Waals surface area contributed by atoms with Crippen molar-refractivity contribution in [3.63, 3.8) is 0 Å². The van der Waals surface area contributed by atoms with Gasteiger partial charge in [-0.25, -0.2) is 0 Å². The van der Waals surface area contributed by atoms with Gasteiger partial charge in [0.1, 0.15) is 5.58 Å². The fourth-order valence-electron chi connectivity index (χ4n) is 1.35. The molecule has 94 valence electrons. The zero-order valence-corrected chi connectivity index (χ0v) is 8.75. The van der Waals surface area contributed by atoms with Crippen LogP contribution in [-0.2, 0) is 4.79 Å². The average molecular weight is 257 g/mol. The van der Waals surface area contributed by atoms with Gasteiger partial charge in [0, 0.05) is 6.07 Å². The zero-order valence-electron chi connectivity index (χ0n) is 8.75. The van der Waals surface area contributed by atoms with Gasteiger partial charge < -0.3 is 4.42 Å². The van der Waals surface area contributed by atoms with Crippen LogP contribution in [0, 0.1) is 0 Å². The van der Waals surface area contributed by atoms with Crippen LogP contribution in [0.4, 0.5) is 19.1 Å². The van der Waals surface area contributed by atoms with Gasteiger partial charge in [0.2, 0.25) is 5.88 Å². The molecule has 2 aromatic rings. The van der Waals surface area contributed by atoms with E-state index in [1.807, 2.05) is 0 Å². The van der Waals surface area contributed by atoms with Gasteiger partial charge in [0.05, 0.1) is 5.39 Å². The summed E-state index contributed by atoms with van der Waals surface area (Å²) in [7, 11) is 0. The molecular formula is C11H6F3NO3. The molecule has 1 amide bonds. The lowest BCUT2D eigenvalue weighted by Crippen LogP contribution is -2.30. The van der Waals surface area contributed by atoms with Crippen molar-refractivity contribution in [3.8, 4) is 0 Å². The van der Waals surface area contributed by atoms with Crippen LogP contribution in [0.1, 0.15) is 0 Å². The minimum atomic E-state index is -5.04. The van der Waals surface area contributed by atoms with Crippen molar-refractivity contribution in [2.45, 2.75) is 6.18 Å². The fourth-order valence-corrected chi connectivity index (χ4v) is 1.35. The first-order valence-corrected chi connectivity index (χ1v) is 4.79. The van der Waals surface area contributed by atoms with Crippen molar-refractivity contribution in [2.75, 3.05) is 5.32 Å². The molecule has 0 radical (unpaired) electrons. The number of anilines is 1. The summed E-state index contributed by atoms with van der Waals surface area (Å²) >= 11 is 0. The summed E-state index contributed by atoms with van der Waals surface area (Å²) in [5.41, 5.74) is -0.434. The SMILES string of the molecule is O=C(Nc1cc(=O)c2ccccc2o1)C(F)(F)F. The summed E-state index contributed by atoms with van der Waals surface area (Å²) in [4.78, 5) is 22.2. The molecule has 0 aliphatic rings. The van der Waals surface area contributed by atoms with Gasteiger partial charge >= 0.3 is 12.1 Å². The molecule has 1 heterocycles. The molecular weight excluding hydrogens is 251 g/mol. The van der Waals surface area contributed by atoms with E-state index in [2.05, 4.69) is 0 Å². The molecule has 18 heavy (non-hydrogen) atoms. The van der Waals surface area contributed by atoms with Crippen molar-refractivity contribution in [1.29, 1.82) is 0 Å². The normalized spacial score (nSPS) is 11.5. The van der Waals surface area contributed by atoms with E-state index in [9.17, 15) is 22.8 Å². The lowest BCUT2D eigenvalue weighted by atomic mass is 10.2. The second kappa shape index (κ2) is 4.17. The number of hydrogen-bond acceptors (Lipinski definition) is 3. The van der Waals surface area contributed by atoms with E-state index in [4.69, 9.17) is 4.42 Å². The van der Waals surface area contributed by atoms with E-state index in [1.54, 1.807) is 12.1 Å². The van der Waals surface area contributed by atoms with Gasteiger partial charge in [-0.15, -0.1) is 0 Å². The van der Waals surface area contributed by atoms with E-state index in [0.717, 1.165) is 6.07 Å². The van der Waals surface area contributed by atoms with E-state index >= 15 is 0 Å². The maximum Gasteiger partial charge on any atom is 0.471 e. The zero-order chi connectivity index (χ0) is 13.3. The maximum absolute atomic E-state index is 12.0. The smallest absolute Gasteiger partial charge is 0.440 e. The number of carbonyl (C=O) groups excluding carboxylic acids is 1. The van der Waals surface area contributed by atoms with Crippen LogP contribution < -0.4 is 10.7 Å². The monoisotopic (exact) mass is 257 g/mol. The number of hydrogen-bond donors (Lipinski definition) is 1. The number of amides is 1. The minimum Gasteiger partial charge on any atom is -0.440 e. The lowest BCUT2D eigenvalue weighted by molar-refractivity contribution is -0.167. The Morgan fingerprint density at radius 1 is 1.22 bits per heavy atom. The van der Waals surface area contributed by atoms with Crippen LogP contribution in [-0.4, -0.2) is 12.1 Å². The second-order valence-electron chi connectivity index (χ2n) is 3.42. The quantitative estimate of drug-likeness (QED) is 0.852. The Morgan fingerprint density at radius 2 is 1.89 bits per heavy atom. The van der Waals surface area contributed by atoms with Gasteiger partial charge in [0.15, 0.2) is 5.43 Å². The summed E-state index contributed by atoms with van der Waals surface area (Å²) in [6.45, 7) is 0. The number of nitrogens with one attached hydrogen (secondary N) is 1. The molecule has 4 nitrogen and oxygen atoms in total. The molecule has 0 saturated heterocycles. The Balaban J connectivity index is 2.42. The van der Waals surface area contributed by atoms with Crippen molar-refractivity contribution >= 4 is 22.8 Å². The molecule has 0 saturated carbocycles. The third-order valence-corrected chi connectivity index (χ3v) is 2.13. The van der Waals surface area contributed by atoms with Crippen molar-refractivity contribution in [3.05, 3.63) is 40.6 Å². The minimum absolute atomic E-state index is 0.0995. The number of fused-ring (bicyclic) bond motifs is 1. The fraction of sp³-hybridized carbons (Fsp3) is 0.0909. The predicted octanol–water partition coefficient (Wildman–Crippen LogP) is 2.29. The summed E-state index contributed by atoms with van der Waals surface area (Å²) in [6, 6.07) is 6.83. The van der Waals surface area contributed by atoms with Gasteiger partial charge in [-0.3, -0.25) is 14.9 Å². The molecule has 0 unspecified atom stereocenters. The Labute approximate surface area is 98.0 Å². The number of benzene rings is 1. The average Bonchev–Trinajstić information content (AvgIpc) is 2.27. The molecule has 0 spiro atoms. The summed E-state index contributed by atoms with van der Waals surface area (Å²) in [5, 5.41) is 1.71. The largest absolute Gasteiger partial charge is 0.471 e. The van der Waals surface area contributed by atoms with E-state index in [1.165, 1.54) is 17.4 Å². The standard InChI is InChI=1S/C11H6F3NO3/c12-11(13,14)10(17)15-9-5-7(16)6-3-1-2-4-8(6)18-9/h1-5H,(H,15,17). The van der Waals surface area contributed by atoms with Crippen molar-refractivity contribution in [2.24, 2.45) is 0 Å². The molecule has 0 aliphatic heterocycles. The topological polar surface area (TPSA) is 59.3 Å². The highest BCUT2D eigenvalue weighted by Crippen LogP contribution is 2.19. The molecule has 7 heteroatoms. The molecule has 0 aliphatic carbocycles. The number of alkyl halides is 3. The van der Waals surface area contributed by atoms with E-state index in [-0.39, 0.29) is 11.0 Å². The van der Waals surface area contributed by atoms with Crippen LogP contribution in [0.2, 0.25) is 0 Å². The Bertz CT molecular complexity index is 660. The number of halogens is 3. The van der Waals surface area contributed by atoms with Crippen LogP contribution in [0.3, 0.4) is 0 Å². The van der Waals surface area contributed by atoms with Gasteiger partial charge in [-0.05, 0) is 12.1 Å². The van der Waals surface area contributed by atoms with Crippen LogP contribution in [0.25, 0.3) is 11.0 Å². The third-order valence-electron chi connectivity index (χ3n) is 2.13. The second-order valence-corrected chi connectivity index (χ2v) is 3.42. The van der Waals surface area contributed by atoms with Crippen molar-refractivity contribution < 1.29 is 22.4 Å². The van der Waals surface area contributed by atoms with Gasteiger partial charge in [0.25, 0.3) is 0 Å². The van der Waals surface area contributed by atoms with Crippen LogP contribution in [0.5, 0.6) is 0 Å². The molecule has 1 aromatic heterocycles. The molecule has 0 fully saturated rings. The molecule has 0 bridgehead atoms. The summed E-state index contributed by atoms with van der Waals surface area (Å²) in [6.07, 6.45) is -5.04. The number of rotatable bonds is 1. The Hall–Kier alpha value is -2.31. The summed E-state index contributed by atoms with van der Waals surface area (Å²) in [5.74, 6) is -2.73. The Kier molecular flexibility index (Phi) is 2.82. The Morgan fingerprint density at radius 3 is 2.56 bits per heavy atom. The van der Waals surface area contributed by atoms with Crippen LogP contribution >= 0.6 is 0 Å². The highest BCUT2D eigenvalue weighted by atomic mass is 19.4. The third kappa shape index (κ3) is 2.34. The molecule has 1 aromatic carbocycles. The van der Waals surface area contributed by atoms with E-state index in [0.29, 0.717) is 0 Å². The van der Waals surface area contributed by atoms with Crippen molar-refractivity contribution in [1.82, 2.24) is 0 Å². The molecule has 0 atom stereocenters. The first-order chi connectivity index (χ1) is 8.38. The molecule has 1 N–H and O–H groups in total. The molecule has 2 rings (SSSR count). The van der Waals surface area contributed by atoms with Gasteiger partial charge in [-0.2, -0.15) is 13.2 Å². The van der Waals surface area contributed by atoms with Gasteiger partial charge in [-0.1, -0.05) is 12.1 Å². The van der Waals surface area contributed by atoms with E-state index < -0.39 is 23.4 Å². The first-order valence-electron chi connectivity index (χ1n) is 4.79. The van der Waals surface area contributed by atoms with Crippen LogP contribution in [0.15, 0.2) is 39.5 Å². The predicted molar refractivity (Wildman–Crippen MR) is 57.2 cm³/mol. The number of para-hydroxylation sites is 1. The summed E-state index contributed by atoms with van der Waals surface area (Å²) < 4.78 is 41.0. The highest BCUT2D eigenvalue weighted by Gasteiger charge is 2.39. The first kappa shape index (κ1) is 12.2. The highest BCUT2D eigenvalue weighted by molar-refractivity contribution is 5.94.